The van der Waals surface area contributed by atoms with Gasteiger partial charge in [-0.1, -0.05) is 26.7 Å². The minimum absolute atomic E-state index is 0.775. The molecule has 1 aliphatic heterocycles. The Bertz CT molecular complexity index is 257. The molecule has 3 heteroatoms. The van der Waals surface area contributed by atoms with Gasteiger partial charge in [0.25, 0.3) is 0 Å². The SMILES string of the molecule is CSC1CCCCC1N1CCC(CNCC(C)C)C1. The molecule has 2 aliphatic rings. The summed E-state index contributed by atoms with van der Waals surface area (Å²) in [6, 6.07) is 0.874. The summed E-state index contributed by atoms with van der Waals surface area (Å²) in [7, 11) is 0. The Hall–Kier alpha value is 0.270. The minimum atomic E-state index is 0.775. The van der Waals surface area contributed by atoms with Crippen LogP contribution in [0.3, 0.4) is 0 Å². The van der Waals surface area contributed by atoms with Gasteiger partial charge < -0.3 is 5.32 Å². The van der Waals surface area contributed by atoms with Gasteiger partial charge in [-0.25, -0.2) is 0 Å². The van der Waals surface area contributed by atoms with Crippen molar-refractivity contribution in [3.63, 3.8) is 0 Å². The molecule has 0 bridgehead atoms. The molecule has 2 rings (SSSR count). The fourth-order valence-electron chi connectivity index (χ4n) is 3.68. The first-order valence-electron chi connectivity index (χ1n) is 8.18. The van der Waals surface area contributed by atoms with Crippen LogP contribution in [0.5, 0.6) is 0 Å². The lowest BCUT2D eigenvalue weighted by atomic mass is 9.94. The summed E-state index contributed by atoms with van der Waals surface area (Å²) < 4.78 is 0. The van der Waals surface area contributed by atoms with Crippen LogP contribution in [-0.4, -0.2) is 48.6 Å². The molecule has 2 nitrogen and oxygen atoms in total. The third kappa shape index (κ3) is 4.64. The fourth-order valence-corrected chi connectivity index (χ4v) is 4.70. The van der Waals surface area contributed by atoms with E-state index in [0.717, 1.165) is 23.1 Å². The van der Waals surface area contributed by atoms with Gasteiger partial charge in [-0.15, -0.1) is 0 Å². The average Bonchev–Trinajstić information content (AvgIpc) is 2.87. The van der Waals surface area contributed by atoms with E-state index in [-0.39, 0.29) is 0 Å². The summed E-state index contributed by atoms with van der Waals surface area (Å²) in [5.74, 6) is 1.67. The molecule has 0 aromatic carbocycles. The molecule has 112 valence electrons. The smallest absolute Gasteiger partial charge is 0.0214 e. The van der Waals surface area contributed by atoms with Crippen LogP contribution in [0.15, 0.2) is 0 Å². The maximum absolute atomic E-state index is 3.64. The highest BCUT2D eigenvalue weighted by molar-refractivity contribution is 7.99. The normalized spacial score (nSPS) is 33.2. The molecule has 0 amide bonds. The lowest BCUT2D eigenvalue weighted by molar-refractivity contribution is 0.191. The summed E-state index contributed by atoms with van der Waals surface area (Å²) >= 11 is 2.11. The Morgan fingerprint density at radius 2 is 2.00 bits per heavy atom. The molecule has 0 spiro atoms. The van der Waals surface area contributed by atoms with Gasteiger partial charge in [-0.2, -0.15) is 11.8 Å². The van der Waals surface area contributed by atoms with Gasteiger partial charge in [0.15, 0.2) is 0 Å². The predicted molar refractivity (Wildman–Crippen MR) is 86.9 cm³/mol. The highest BCUT2D eigenvalue weighted by Crippen LogP contribution is 2.33. The highest BCUT2D eigenvalue weighted by atomic mass is 32.2. The molecule has 1 aliphatic carbocycles. The van der Waals surface area contributed by atoms with Gasteiger partial charge >= 0.3 is 0 Å². The van der Waals surface area contributed by atoms with E-state index in [0.29, 0.717) is 0 Å². The standard InChI is InChI=1S/C16H32N2S/c1-13(2)10-17-11-14-8-9-18(12-14)15-6-4-5-7-16(15)19-3/h13-17H,4-12H2,1-3H3. The van der Waals surface area contributed by atoms with E-state index in [1.807, 2.05) is 0 Å². The molecule has 1 N–H and O–H groups in total. The van der Waals surface area contributed by atoms with Gasteiger partial charge in [-0.3, -0.25) is 4.90 Å². The van der Waals surface area contributed by atoms with Crippen LogP contribution in [0.25, 0.3) is 0 Å². The molecule has 2 fully saturated rings. The van der Waals surface area contributed by atoms with Crippen molar-refractivity contribution in [2.75, 3.05) is 32.4 Å². The molecule has 0 aromatic heterocycles. The second-order valence-corrected chi connectivity index (χ2v) is 7.90. The summed E-state index contributed by atoms with van der Waals surface area (Å²) in [6.07, 6.45) is 9.50. The summed E-state index contributed by atoms with van der Waals surface area (Å²) in [4.78, 5) is 2.81. The van der Waals surface area contributed by atoms with Crippen molar-refractivity contribution in [2.45, 2.75) is 57.2 Å². The fraction of sp³-hybridized carbons (Fsp3) is 1.00. The number of nitrogens with zero attached hydrogens (tertiary/aromatic N) is 1. The molecular weight excluding hydrogens is 252 g/mol. The molecule has 0 aromatic rings. The Kier molecular flexibility index (Phi) is 6.51. The first-order valence-corrected chi connectivity index (χ1v) is 9.47. The molecule has 3 atom stereocenters. The summed E-state index contributed by atoms with van der Waals surface area (Å²) in [6.45, 7) is 9.67. The van der Waals surface area contributed by atoms with Crippen LogP contribution in [0.4, 0.5) is 0 Å². The Balaban J connectivity index is 1.74. The van der Waals surface area contributed by atoms with E-state index in [4.69, 9.17) is 0 Å². The number of nitrogens with one attached hydrogen (secondary N) is 1. The molecule has 1 saturated heterocycles. The minimum Gasteiger partial charge on any atom is -0.316 e. The van der Waals surface area contributed by atoms with Crippen LogP contribution in [0.1, 0.15) is 46.0 Å². The zero-order chi connectivity index (χ0) is 13.7. The average molecular weight is 285 g/mol. The summed E-state index contributed by atoms with van der Waals surface area (Å²) in [5, 5.41) is 4.54. The van der Waals surface area contributed by atoms with Gasteiger partial charge in [-0.05, 0) is 57.0 Å². The Labute approximate surface area is 124 Å². The molecule has 0 radical (unpaired) electrons. The second kappa shape index (κ2) is 7.90. The van der Waals surface area contributed by atoms with Crippen molar-refractivity contribution in [1.82, 2.24) is 10.2 Å². The monoisotopic (exact) mass is 284 g/mol. The Morgan fingerprint density at radius 1 is 1.21 bits per heavy atom. The number of hydrogen-bond donors (Lipinski definition) is 1. The topological polar surface area (TPSA) is 15.3 Å². The third-order valence-corrected chi connectivity index (χ3v) is 5.90. The number of hydrogen-bond acceptors (Lipinski definition) is 3. The summed E-state index contributed by atoms with van der Waals surface area (Å²) in [5.41, 5.74) is 0. The van der Waals surface area contributed by atoms with Crippen LogP contribution >= 0.6 is 11.8 Å². The van der Waals surface area contributed by atoms with Crippen LogP contribution in [-0.2, 0) is 0 Å². The molecule has 19 heavy (non-hydrogen) atoms. The van der Waals surface area contributed by atoms with Gasteiger partial charge in [0.05, 0.1) is 0 Å². The first kappa shape index (κ1) is 15.7. The van der Waals surface area contributed by atoms with E-state index < -0.39 is 0 Å². The van der Waals surface area contributed by atoms with Crippen molar-refractivity contribution in [3.05, 3.63) is 0 Å². The van der Waals surface area contributed by atoms with E-state index in [9.17, 15) is 0 Å². The first-order chi connectivity index (χ1) is 9.20. The van der Waals surface area contributed by atoms with Gasteiger partial charge in [0.1, 0.15) is 0 Å². The number of likely N-dealkylation sites (tertiary alicyclic amines) is 1. The molecular formula is C16H32N2S. The van der Waals surface area contributed by atoms with E-state index in [1.165, 1.54) is 58.3 Å². The van der Waals surface area contributed by atoms with Crippen molar-refractivity contribution >= 4 is 11.8 Å². The predicted octanol–water partition coefficient (Wildman–Crippen LogP) is 3.23. The van der Waals surface area contributed by atoms with E-state index in [2.05, 4.69) is 42.1 Å². The van der Waals surface area contributed by atoms with E-state index in [1.54, 1.807) is 0 Å². The lowest BCUT2D eigenvalue weighted by Gasteiger charge is -2.37. The van der Waals surface area contributed by atoms with Crippen molar-refractivity contribution in [1.29, 1.82) is 0 Å². The maximum atomic E-state index is 3.64. The van der Waals surface area contributed by atoms with Gasteiger partial charge in [0, 0.05) is 17.8 Å². The van der Waals surface area contributed by atoms with Crippen LogP contribution in [0, 0.1) is 11.8 Å². The maximum Gasteiger partial charge on any atom is 0.0214 e. The molecule has 1 heterocycles. The third-order valence-electron chi connectivity index (χ3n) is 4.74. The van der Waals surface area contributed by atoms with Crippen molar-refractivity contribution in [2.24, 2.45) is 11.8 Å². The zero-order valence-corrected chi connectivity index (χ0v) is 13.8. The Morgan fingerprint density at radius 3 is 2.74 bits per heavy atom. The number of rotatable bonds is 6. The van der Waals surface area contributed by atoms with Crippen molar-refractivity contribution in [3.8, 4) is 0 Å². The second-order valence-electron chi connectivity index (χ2n) is 6.83. The highest BCUT2D eigenvalue weighted by Gasteiger charge is 2.33. The van der Waals surface area contributed by atoms with Crippen LogP contribution in [0.2, 0.25) is 0 Å². The molecule has 3 unspecified atom stereocenters. The van der Waals surface area contributed by atoms with Crippen molar-refractivity contribution < 1.29 is 0 Å². The van der Waals surface area contributed by atoms with Gasteiger partial charge in [0.2, 0.25) is 0 Å². The van der Waals surface area contributed by atoms with E-state index >= 15 is 0 Å². The van der Waals surface area contributed by atoms with Crippen LogP contribution < -0.4 is 5.32 Å². The quantitative estimate of drug-likeness (QED) is 0.806. The largest absolute Gasteiger partial charge is 0.316 e. The molecule has 1 saturated carbocycles. The number of thioether (sulfide) groups is 1. The zero-order valence-electron chi connectivity index (χ0n) is 13.0. The lowest BCUT2D eigenvalue weighted by Crippen LogP contribution is -2.43.